The van der Waals surface area contributed by atoms with Gasteiger partial charge in [0.2, 0.25) is 0 Å². The lowest BCUT2D eigenvalue weighted by molar-refractivity contribution is 0.438. The fraction of sp³-hybridized carbons (Fsp3) is 0.750. The van der Waals surface area contributed by atoms with Crippen molar-refractivity contribution in [3.8, 4) is 0 Å². The van der Waals surface area contributed by atoms with Crippen molar-refractivity contribution < 1.29 is 5.11 Å². The summed E-state index contributed by atoms with van der Waals surface area (Å²) in [5.41, 5.74) is 0. The summed E-state index contributed by atoms with van der Waals surface area (Å²) in [6.45, 7) is 2.19. The zero-order chi connectivity index (χ0) is 6.95. The molecule has 0 rings (SSSR count). The molecule has 0 aliphatic heterocycles. The molecule has 0 aliphatic carbocycles. The first-order valence-electron chi connectivity index (χ1n) is 3.63. The second-order valence-corrected chi connectivity index (χ2v) is 2.18. The lowest BCUT2D eigenvalue weighted by Crippen LogP contribution is -1.73. The Labute approximate surface area is 57.4 Å². The van der Waals surface area contributed by atoms with E-state index in [-0.39, 0.29) is 0 Å². The maximum absolute atomic E-state index is 8.12. The molecule has 0 bridgehead atoms. The van der Waals surface area contributed by atoms with E-state index in [1.165, 1.54) is 25.7 Å². The van der Waals surface area contributed by atoms with Crippen LogP contribution in [0.25, 0.3) is 0 Å². The number of aliphatic hydroxyl groups is 1. The number of allylic oxidation sites excluding steroid dienone is 1. The van der Waals surface area contributed by atoms with Crippen LogP contribution in [0, 0.1) is 6.26 Å². The molecule has 0 aromatic rings. The Morgan fingerprint density at radius 3 is 2.67 bits per heavy atom. The topological polar surface area (TPSA) is 20.2 Å². The van der Waals surface area contributed by atoms with Gasteiger partial charge in [0.15, 0.2) is 6.26 Å². The highest BCUT2D eigenvalue weighted by atomic mass is 16.2. The van der Waals surface area contributed by atoms with Gasteiger partial charge in [-0.2, -0.15) is 0 Å². The molecule has 0 aromatic heterocycles. The summed E-state index contributed by atoms with van der Waals surface area (Å²) in [5, 5.41) is 8.12. The smallest absolute Gasteiger partial charge is 0.152 e. The second kappa shape index (κ2) is 7.54. The highest BCUT2D eigenvalue weighted by Gasteiger charge is 1.82. The molecule has 0 aliphatic rings. The highest BCUT2D eigenvalue weighted by Crippen LogP contribution is 2.01. The number of hydrogen-bond acceptors (Lipinski definition) is 1. The number of unbranched alkanes of at least 4 members (excludes halogenated alkanes) is 4. The van der Waals surface area contributed by atoms with Crippen LogP contribution in [0.4, 0.5) is 0 Å². The van der Waals surface area contributed by atoms with Crippen molar-refractivity contribution in [2.24, 2.45) is 0 Å². The molecule has 0 spiro atoms. The number of hydrogen-bond donors (Lipinski definition) is 1. The summed E-state index contributed by atoms with van der Waals surface area (Å²) < 4.78 is 0. The summed E-state index contributed by atoms with van der Waals surface area (Å²) in [5.74, 6) is 0. The van der Waals surface area contributed by atoms with Gasteiger partial charge in [0.25, 0.3) is 0 Å². The van der Waals surface area contributed by atoms with Crippen LogP contribution >= 0.6 is 0 Å². The highest BCUT2D eigenvalue weighted by molar-refractivity contribution is 4.64. The van der Waals surface area contributed by atoms with Crippen molar-refractivity contribution in [1.29, 1.82) is 0 Å². The summed E-state index contributed by atoms with van der Waals surface area (Å²) in [7, 11) is 0. The fourth-order valence-corrected chi connectivity index (χ4v) is 0.738. The zero-order valence-electron chi connectivity index (χ0n) is 6.06. The van der Waals surface area contributed by atoms with Crippen molar-refractivity contribution in [2.45, 2.75) is 39.0 Å². The molecule has 0 unspecified atom stereocenters. The van der Waals surface area contributed by atoms with E-state index in [0.717, 1.165) is 6.42 Å². The third-order valence-electron chi connectivity index (χ3n) is 1.29. The molecule has 53 valence electrons. The van der Waals surface area contributed by atoms with Gasteiger partial charge in [-0.25, -0.2) is 0 Å². The van der Waals surface area contributed by atoms with E-state index in [2.05, 4.69) is 6.92 Å². The molecule has 0 fully saturated rings. The standard InChI is InChI=1S/C8H15O/c1-2-3-4-5-6-7-8-9/h7,9H,2-6H2,1H3. The minimum atomic E-state index is 0.969. The Morgan fingerprint density at radius 1 is 1.33 bits per heavy atom. The average Bonchev–Trinajstić information content (AvgIpc) is 1.89. The first kappa shape index (κ1) is 8.54. The van der Waals surface area contributed by atoms with E-state index >= 15 is 0 Å². The lowest BCUT2D eigenvalue weighted by atomic mass is 10.2. The van der Waals surface area contributed by atoms with E-state index in [1.54, 1.807) is 6.08 Å². The maximum atomic E-state index is 8.12. The molecule has 1 radical (unpaired) electrons. The maximum Gasteiger partial charge on any atom is 0.152 e. The zero-order valence-corrected chi connectivity index (χ0v) is 6.06. The molecule has 1 nitrogen and oxygen atoms in total. The SMILES string of the molecule is CCCCCC/C=[C]\O. The van der Waals surface area contributed by atoms with Gasteiger partial charge in [-0.1, -0.05) is 26.2 Å². The summed E-state index contributed by atoms with van der Waals surface area (Å²) >= 11 is 0. The monoisotopic (exact) mass is 127 g/mol. The van der Waals surface area contributed by atoms with Crippen LogP contribution in [-0.2, 0) is 0 Å². The van der Waals surface area contributed by atoms with Gasteiger partial charge in [-0.05, 0) is 18.9 Å². The minimum Gasteiger partial charge on any atom is -0.504 e. The van der Waals surface area contributed by atoms with Gasteiger partial charge in [0.05, 0.1) is 0 Å². The number of rotatable bonds is 5. The summed E-state index contributed by atoms with van der Waals surface area (Å²) in [4.78, 5) is 0. The molecule has 0 saturated heterocycles. The van der Waals surface area contributed by atoms with Gasteiger partial charge >= 0.3 is 0 Å². The van der Waals surface area contributed by atoms with Crippen LogP contribution in [0.15, 0.2) is 6.08 Å². The Morgan fingerprint density at radius 2 is 2.11 bits per heavy atom. The Bertz CT molecular complexity index is 67.0. The van der Waals surface area contributed by atoms with E-state index in [0.29, 0.717) is 0 Å². The van der Waals surface area contributed by atoms with E-state index in [1.807, 2.05) is 6.26 Å². The van der Waals surface area contributed by atoms with Crippen molar-refractivity contribution >= 4 is 0 Å². The van der Waals surface area contributed by atoms with Crippen LogP contribution in [0.2, 0.25) is 0 Å². The largest absolute Gasteiger partial charge is 0.504 e. The van der Waals surface area contributed by atoms with Crippen molar-refractivity contribution in [2.75, 3.05) is 0 Å². The average molecular weight is 127 g/mol. The third kappa shape index (κ3) is 7.54. The van der Waals surface area contributed by atoms with Crippen LogP contribution in [0.3, 0.4) is 0 Å². The normalized spacial score (nSPS) is 10.8. The van der Waals surface area contributed by atoms with Crippen molar-refractivity contribution in [1.82, 2.24) is 0 Å². The first-order valence-corrected chi connectivity index (χ1v) is 3.63. The molecule has 0 heterocycles. The molecule has 1 heteroatoms. The third-order valence-corrected chi connectivity index (χ3v) is 1.29. The van der Waals surface area contributed by atoms with Crippen LogP contribution in [0.1, 0.15) is 39.0 Å². The second-order valence-electron chi connectivity index (χ2n) is 2.18. The quantitative estimate of drug-likeness (QED) is 0.444. The molecule has 0 saturated carbocycles. The van der Waals surface area contributed by atoms with Crippen LogP contribution < -0.4 is 0 Å². The van der Waals surface area contributed by atoms with E-state index in [9.17, 15) is 0 Å². The predicted molar refractivity (Wildman–Crippen MR) is 39.2 cm³/mol. The first-order chi connectivity index (χ1) is 4.41. The Hall–Kier alpha value is -0.460. The Balaban J connectivity index is 2.75. The molecule has 0 aromatic carbocycles. The molecule has 0 atom stereocenters. The van der Waals surface area contributed by atoms with Gasteiger partial charge in [-0.3, -0.25) is 0 Å². The van der Waals surface area contributed by atoms with Gasteiger partial charge in [-0.15, -0.1) is 0 Å². The predicted octanol–water partition coefficient (Wildman–Crippen LogP) is 2.83. The minimum absolute atomic E-state index is 0.969. The summed E-state index contributed by atoms with van der Waals surface area (Å²) in [6.07, 6.45) is 9.69. The van der Waals surface area contributed by atoms with Crippen LogP contribution in [-0.4, -0.2) is 5.11 Å². The fourth-order valence-electron chi connectivity index (χ4n) is 0.738. The van der Waals surface area contributed by atoms with E-state index in [4.69, 9.17) is 5.11 Å². The molecule has 0 amide bonds. The Kier molecular flexibility index (Phi) is 7.15. The number of aliphatic hydroxyl groups excluding tert-OH is 1. The molecule has 1 N–H and O–H groups in total. The van der Waals surface area contributed by atoms with Gasteiger partial charge in [0, 0.05) is 0 Å². The molecular weight excluding hydrogens is 112 g/mol. The lowest BCUT2D eigenvalue weighted by Gasteiger charge is -1.91. The molecule has 9 heavy (non-hydrogen) atoms. The van der Waals surface area contributed by atoms with Crippen molar-refractivity contribution in [3.05, 3.63) is 12.3 Å². The van der Waals surface area contributed by atoms with Gasteiger partial charge in [0.1, 0.15) is 0 Å². The van der Waals surface area contributed by atoms with E-state index < -0.39 is 0 Å². The summed E-state index contributed by atoms with van der Waals surface area (Å²) in [6, 6.07) is 0. The van der Waals surface area contributed by atoms with Crippen LogP contribution in [0.5, 0.6) is 0 Å². The van der Waals surface area contributed by atoms with Crippen molar-refractivity contribution in [3.63, 3.8) is 0 Å². The molecular formula is C8H15O. The van der Waals surface area contributed by atoms with Gasteiger partial charge < -0.3 is 5.11 Å².